The second-order valence-electron chi connectivity index (χ2n) is 4.78. The van der Waals surface area contributed by atoms with Crippen LogP contribution in [0.1, 0.15) is 24.6 Å². The minimum absolute atomic E-state index is 0.306. The molecule has 0 amide bonds. The maximum Gasteiger partial charge on any atom is 0.141 e. The van der Waals surface area contributed by atoms with Crippen LogP contribution in [0.5, 0.6) is 0 Å². The maximum atomic E-state index is 13.1. The van der Waals surface area contributed by atoms with Crippen LogP contribution in [0.2, 0.25) is 0 Å². The monoisotopic (exact) mass is 340 g/mol. The van der Waals surface area contributed by atoms with Gasteiger partial charge in [-0.25, -0.2) is 8.78 Å². The van der Waals surface area contributed by atoms with Crippen molar-refractivity contribution in [3.8, 4) is 0 Å². The third-order valence-corrected chi connectivity index (χ3v) is 4.13. The van der Waals surface area contributed by atoms with Crippen molar-refractivity contribution < 1.29 is 8.78 Å². The van der Waals surface area contributed by atoms with E-state index in [1.165, 1.54) is 18.2 Å². The van der Waals surface area contributed by atoms with Gasteiger partial charge in [0.2, 0.25) is 0 Å². The van der Waals surface area contributed by atoms with E-state index in [0.717, 1.165) is 11.8 Å². The van der Waals surface area contributed by atoms with Gasteiger partial charge >= 0.3 is 0 Å². The summed E-state index contributed by atoms with van der Waals surface area (Å²) in [5.74, 6) is -0.699. The van der Waals surface area contributed by atoms with E-state index >= 15 is 0 Å². The van der Waals surface area contributed by atoms with Crippen LogP contribution < -0.4 is 5.73 Å². The Morgan fingerprint density at radius 3 is 2.45 bits per heavy atom. The summed E-state index contributed by atoms with van der Waals surface area (Å²) in [7, 11) is 0. The first kappa shape index (κ1) is 15.1. The Kier molecular flexibility index (Phi) is 4.50. The first-order valence-electron chi connectivity index (χ1n) is 6.29. The Labute approximate surface area is 125 Å². The molecule has 0 aliphatic carbocycles. The number of rotatable bonds is 4. The van der Waals surface area contributed by atoms with Crippen molar-refractivity contribution in [2.75, 3.05) is 0 Å². The highest BCUT2D eigenvalue weighted by Gasteiger charge is 2.28. The standard InChI is InChI=1S/C15H15BrF2N2/c1-2-15(19,14-6-5-12(18)9-20-14)8-10-3-4-11(17)7-13(10)16/h3-7,9H,2,8,19H2,1H3. The van der Waals surface area contributed by atoms with Gasteiger partial charge < -0.3 is 5.73 Å². The smallest absolute Gasteiger partial charge is 0.141 e. The molecule has 0 bridgehead atoms. The molecule has 106 valence electrons. The zero-order valence-electron chi connectivity index (χ0n) is 11.0. The number of aromatic nitrogens is 1. The summed E-state index contributed by atoms with van der Waals surface area (Å²) >= 11 is 3.34. The number of halogens is 3. The predicted molar refractivity (Wildman–Crippen MR) is 78.2 cm³/mol. The number of hydrogen-bond donors (Lipinski definition) is 1. The molecule has 2 aromatic rings. The highest BCUT2D eigenvalue weighted by atomic mass is 79.9. The molecule has 2 nitrogen and oxygen atoms in total. The lowest BCUT2D eigenvalue weighted by Crippen LogP contribution is -2.39. The SMILES string of the molecule is CCC(N)(Cc1ccc(F)cc1Br)c1ccc(F)cn1. The van der Waals surface area contributed by atoms with Gasteiger partial charge in [-0.15, -0.1) is 0 Å². The summed E-state index contributed by atoms with van der Waals surface area (Å²) in [5.41, 5.74) is 7.21. The van der Waals surface area contributed by atoms with Crippen LogP contribution in [0.15, 0.2) is 41.0 Å². The fourth-order valence-electron chi connectivity index (χ4n) is 2.07. The van der Waals surface area contributed by atoms with Crippen molar-refractivity contribution in [1.82, 2.24) is 4.98 Å². The predicted octanol–water partition coefficient (Wildman–Crippen LogP) is 3.93. The molecule has 0 radical (unpaired) electrons. The third kappa shape index (κ3) is 3.22. The van der Waals surface area contributed by atoms with Gasteiger partial charge in [-0.05, 0) is 42.7 Å². The van der Waals surface area contributed by atoms with Gasteiger partial charge in [0.15, 0.2) is 0 Å². The Hall–Kier alpha value is -1.33. The van der Waals surface area contributed by atoms with Gasteiger partial charge in [0, 0.05) is 4.47 Å². The van der Waals surface area contributed by atoms with E-state index in [2.05, 4.69) is 20.9 Å². The summed E-state index contributed by atoms with van der Waals surface area (Å²) in [5, 5.41) is 0. The van der Waals surface area contributed by atoms with E-state index in [1.54, 1.807) is 12.1 Å². The summed E-state index contributed by atoms with van der Waals surface area (Å²) in [4.78, 5) is 4.08. The summed E-state index contributed by atoms with van der Waals surface area (Å²) in [6, 6.07) is 7.44. The van der Waals surface area contributed by atoms with E-state index in [1.807, 2.05) is 6.92 Å². The fraction of sp³-hybridized carbons (Fsp3) is 0.267. The molecule has 0 fully saturated rings. The highest BCUT2D eigenvalue weighted by molar-refractivity contribution is 9.10. The minimum atomic E-state index is -0.714. The third-order valence-electron chi connectivity index (χ3n) is 3.39. The first-order chi connectivity index (χ1) is 9.44. The molecule has 20 heavy (non-hydrogen) atoms. The van der Waals surface area contributed by atoms with E-state index < -0.39 is 11.4 Å². The van der Waals surface area contributed by atoms with Crippen LogP contribution in [0.4, 0.5) is 8.78 Å². The Morgan fingerprint density at radius 2 is 1.90 bits per heavy atom. The molecule has 1 aromatic heterocycles. The lowest BCUT2D eigenvalue weighted by molar-refractivity contribution is 0.410. The first-order valence-corrected chi connectivity index (χ1v) is 7.09. The Morgan fingerprint density at radius 1 is 1.20 bits per heavy atom. The molecule has 2 N–H and O–H groups in total. The molecule has 0 aliphatic rings. The van der Waals surface area contributed by atoms with Gasteiger partial charge in [-0.1, -0.05) is 28.9 Å². The van der Waals surface area contributed by atoms with Crippen molar-refractivity contribution in [1.29, 1.82) is 0 Å². The highest BCUT2D eigenvalue weighted by Crippen LogP contribution is 2.29. The van der Waals surface area contributed by atoms with Crippen LogP contribution in [-0.2, 0) is 12.0 Å². The average Bonchev–Trinajstić information content (AvgIpc) is 2.42. The van der Waals surface area contributed by atoms with Gasteiger partial charge in [0.1, 0.15) is 11.6 Å². The van der Waals surface area contributed by atoms with Crippen molar-refractivity contribution in [3.63, 3.8) is 0 Å². The molecular formula is C15H15BrF2N2. The summed E-state index contributed by atoms with van der Waals surface area (Å²) < 4.78 is 26.7. The lowest BCUT2D eigenvalue weighted by atomic mass is 9.85. The quantitative estimate of drug-likeness (QED) is 0.915. The lowest BCUT2D eigenvalue weighted by Gasteiger charge is -2.28. The number of benzene rings is 1. The minimum Gasteiger partial charge on any atom is -0.320 e. The topological polar surface area (TPSA) is 38.9 Å². The molecule has 1 unspecified atom stereocenters. The molecule has 0 spiro atoms. The van der Waals surface area contributed by atoms with Crippen molar-refractivity contribution in [3.05, 3.63) is 63.9 Å². The number of pyridine rings is 1. The normalized spacial score (nSPS) is 14.1. The molecule has 0 saturated heterocycles. The zero-order chi connectivity index (χ0) is 14.8. The van der Waals surface area contributed by atoms with Crippen molar-refractivity contribution in [2.24, 2.45) is 5.73 Å². The molecule has 1 aromatic carbocycles. The van der Waals surface area contributed by atoms with Gasteiger partial charge in [-0.3, -0.25) is 4.98 Å². The van der Waals surface area contributed by atoms with E-state index in [-0.39, 0.29) is 5.82 Å². The van der Waals surface area contributed by atoms with Crippen molar-refractivity contribution >= 4 is 15.9 Å². The summed E-state index contributed by atoms with van der Waals surface area (Å²) in [6.07, 6.45) is 2.28. The molecule has 2 rings (SSSR count). The number of hydrogen-bond acceptors (Lipinski definition) is 2. The molecule has 5 heteroatoms. The zero-order valence-corrected chi connectivity index (χ0v) is 12.6. The number of nitrogens with zero attached hydrogens (tertiary/aromatic N) is 1. The van der Waals surface area contributed by atoms with Crippen LogP contribution in [-0.4, -0.2) is 4.98 Å². The molecule has 1 atom stereocenters. The summed E-state index contributed by atoms with van der Waals surface area (Å²) in [6.45, 7) is 1.95. The molecular weight excluding hydrogens is 326 g/mol. The van der Waals surface area contributed by atoms with Crippen LogP contribution in [0.25, 0.3) is 0 Å². The second-order valence-corrected chi connectivity index (χ2v) is 5.64. The van der Waals surface area contributed by atoms with E-state index in [0.29, 0.717) is 23.0 Å². The molecule has 0 saturated carbocycles. The number of nitrogens with two attached hydrogens (primary N) is 1. The second kappa shape index (κ2) is 5.97. The van der Waals surface area contributed by atoms with Crippen LogP contribution in [0, 0.1) is 11.6 Å². The maximum absolute atomic E-state index is 13.1. The van der Waals surface area contributed by atoms with Gasteiger partial charge in [-0.2, -0.15) is 0 Å². The van der Waals surface area contributed by atoms with Crippen molar-refractivity contribution in [2.45, 2.75) is 25.3 Å². The van der Waals surface area contributed by atoms with Crippen LogP contribution in [0.3, 0.4) is 0 Å². The molecule has 1 heterocycles. The Balaban J connectivity index is 2.33. The molecule has 0 aliphatic heterocycles. The van der Waals surface area contributed by atoms with Gasteiger partial charge in [0.05, 0.1) is 17.4 Å². The largest absolute Gasteiger partial charge is 0.320 e. The fourth-order valence-corrected chi connectivity index (χ4v) is 2.56. The van der Waals surface area contributed by atoms with Gasteiger partial charge in [0.25, 0.3) is 0 Å². The average molecular weight is 341 g/mol. The van der Waals surface area contributed by atoms with Crippen LogP contribution >= 0.6 is 15.9 Å². The van der Waals surface area contributed by atoms with E-state index in [9.17, 15) is 8.78 Å². The Bertz CT molecular complexity index is 601. The van der Waals surface area contributed by atoms with E-state index in [4.69, 9.17) is 5.73 Å².